The molecule has 0 aromatic rings. The molecule has 0 amide bonds. The van der Waals surface area contributed by atoms with Crippen LogP contribution >= 0.6 is 0 Å². The number of rotatable bonds is 2. The molecule has 3 saturated heterocycles. The van der Waals surface area contributed by atoms with Crippen LogP contribution in [0.5, 0.6) is 0 Å². The molecule has 3 aliphatic rings. The molecule has 0 bridgehead atoms. The van der Waals surface area contributed by atoms with Crippen LogP contribution in [0, 0.1) is 11.8 Å². The van der Waals surface area contributed by atoms with Gasteiger partial charge in [0.1, 0.15) is 0 Å². The van der Waals surface area contributed by atoms with Gasteiger partial charge in [-0.2, -0.15) is 0 Å². The Balaban J connectivity index is 1.73. The fourth-order valence-corrected chi connectivity index (χ4v) is 3.80. The van der Waals surface area contributed by atoms with Crippen molar-refractivity contribution in [2.45, 2.75) is 31.8 Å². The molecule has 3 aliphatic heterocycles. The molecule has 0 spiro atoms. The van der Waals surface area contributed by atoms with Crippen molar-refractivity contribution >= 4 is 0 Å². The summed E-state index contributed by atoms with van der Waals surface area (Å²) in [6, 6.07) is 1.54. The summed E-state index contributed by atoms with van der Waals surface area (Å²) in [5, 5.41) is 3.54. The molecule has 4 unspecified atom stereocenters. The van der Waals surface area contributed by atoms with Crippen molar-refractivity contribution < 1.29 is 4.74 Å². The van der Waals surface area contributed by atoms with E-state index in [0.29, 0.717) is 0 Å². The molecule has 0 aromatic heterocycles. The maximum Gasteiger partial charge on any atom is 0.0622 e. The first-order valence-electron chi connectivity index (χ1n) is 6.44. The summed E-state index contributed by atoms with van der Waals surface area (Å²) < 4.78 is 5.53. The maximum absolute atomic E-state index is 5.53. The molecule has 1 N–H and O–H groups in total. The molecule has 3 nitrogen and oxygen atoms in total. The van der Waals surface area contributed by atoms with Crippen molar-refractivity contribution in [3.8, 4) is 0 Å². The Morgan fingerprint density at radius 2 is 2.33 bits per heavy atom. The number of fused-ring (bicyclic) bond motifs is 1. The molecule has 86 valence electrons. The normalized spacial score (nSPS) is 46.2. The molecule has 0 aromatic carbocycles. The third kappa shape index (κ3) is 1.61. The Bertz CT molecular complexity index is 228. The summed E-state index contributed by atoms with van der Waals surface area (Å²) in [4.78, 5) is 2.75. The van der Waals surface area contributed by atoms with Crippen molar-refractivity contribution in [3.63, 3.8) is 0 Å². The zero-order valence-electron chi connectivity index (χ0n) is 9.61. The fourth-order valence-electron chi connectivity index (χ4n) is 3.80. The van der Waals surface area contributed by atoms with Gasteiger partial charge in [0.2, 0.25) is 0 Å². The van der Waals surface area contributed by atoms with Gasteiger partial charge in [-0.25, -0.2) is 0 Å². The number of hydrogen-bond donors (Lipinski definition) is 1. The van der Waals surface area contributed by atoms with Crippen molar-refractivity contribution in [1.82, 2.24) is 10.2 Å². The molecule has 3 heterocycles. The van der Waals surface area contributed by atoms with E-state index in [-0.39, 0.29) is 0 Å². The average molecular weight is 210 g/mol. The average Bonchev–Trinajstić information content (AvgIpc) is 2.93. The lowest BCUT2D eigenvalue weighted by Crippen LogP contribution is -2.42. The minimum Gasteiger partial charge on any atom is -0.380 e. The van der Waals surface area contributed by atoms with E-state index in [1.165, 1.54) is 32.5 Å². The van der Waals surface area contributed by atoms with Crippen molar-refractivity contribution in [2.75, 3.05) is 32.8 Å². The lowest BCUT2D eigenvalue weighted by molar-refractivity contribution is 0.122. The van der Waals surface area contributed by atoms with Crippen LogP contribution in [0.15, 0.2) is 0 Å². The summed E-state index contributed by atoms with van der Waals surface area (Å²) in [6.07, 6.45) is 2.56. The second kappa shape index (κ2) is 4.04. The number of ether oxygens (including phenoxy) is 1. The third-order valence-electron chi connectivity index (χ3n) is 4.55. The van der Waals surface area contributed by atoms with Gasteiger partial charge >= 0.3 is 0 Å². The van der Waals surface area contributed by atoms with Crippen molar-refractivity contribution in [3.05, 3.63) is 0 Å². The number of likely N-dealkylation sites (tertiary alicyclic amines) is 1. The van der Waals surface area contributed by atoms with Gasteiger partial charge < -0.3 is 10.1 Å². The molecule has 15 heavy (non-hydrogen) atoms. The minimum atomic E-state index is 0.723. The molecule has 0 radical (unpaired) electrons. The van der Waals surface area contributed by atoms with E-state index in [1.807, 2.05) is 0 Å². The smallest absolute Gasteiger partial charge is 0.0622 e. The van der Waals surface area contributed by atoms with Gasteiger partial charge in [0.25, 0.3) is 0 Å². The maximum atomic E-state index is 5.53. The van der Waals surface area contributed by atoms with Crippen LogP contribution in [-0.2, 0) is 4.74 Å². The summed E-state index contributed by atoms with van der Waals surface area (Å²) in [5.74, 6) is 1.83. The predicted octanol–water partition coefficient (Wildman–Crippen LogP) is 0.705. The van der Waals surface area contributed by atoms with E-state index in [1.54, 1.807) is 0 Å². The zero-order valence-corrected chi connectivity index (χ0v) is 9.61. The number of nitrogens with zero attached hydrogens (tertiary/aromatic N) is 1. The Hall–Kier alpha value is -0.120. The van der Waals surface area contributed by atoms with Crippen LogP contribution in [0.4, 0.5) is 0 Å². The van der Waals surface area contributed by atoms with Crippen molar-refractivity contribution in [2.24, 2.45) is 11.8 Å². The van der Waals surface area contributed by atoms with E-state index in [4.69, 9.17) is 4.74 Å². The van der Waals surface area contributed by atoms with Crippen LogP contribution in [0.3, 0.4) is 0 Å². The highest BCUT2D eigenvalue weighted by molar-refractivity contribution is 5.00. The van der Waals surface area contributed by atoms with E-state index >= 15 is 0 Å². The summed E-state index contributed by atoms with van der Waals surface area (Å²) in [6.45, 7) is 8.09. The molecule has 4 atom stereocenters. The standard InChI is InChI=1S/C12H22N2O/c1-2-12-11-6-13-5-9(11)7-14(12)10-3-4-15-8-10/h9-13H,2-8H2,1H3. The molecule has 0 aliphatic carbocycles. The molecule has 3 rings (SSSR count). The van der Waals surface area contributed by atoms with Gasteiger partial charge in [-0.15, -0.1) is 0 Å². The van der Waals surface area contributed by atoms with Gasteiger partial charge in [0, 0.05) is 25.2 Å². The first kappa shape index (κ1) is 10.1. The number of nitrogens with one attached hydrogen (secondary N) is 1. The third-order valence-corrected chi connectivity index (χ3v) is 4.55. The van der Waals surface area contributed by atoms with Crippen LogP contribution in [0.1, 0.15) is 19.8 Å². The fraction of sp³-hybridized carbons (Fsp3) is 1.00. The monoisotopic (exact) mass is 210 g/mol. The SMILES string of the molecule is CCC1C2CNCC2CN1C1CCOC1. The second-order valence-corrected chi connectivity index (χ2v) is 5.27. The van der Waals surface area contributed by atoms with Gasteiger partial charge in [0.15, 0.2) is 0 Å². The van der Waals surface area contributed by atoms with Crippen LogP contribution < -0.4 is 5.32 Å². The molecule has 3 heteroatoms. The number of hydrogen-bond acceptors (Lipinski definition) is 3. The van der Waals surface area contributed by atoms with E-state index in [9.17, 15) is 0 Å². The highest BCUT2D eigenvalue weighted by atomic mass is 16.5. The van der Waals surface area contributed by atoms with E-state index < -0.39 is 0 Å². The molecule has 0 saturated carbocycles. The topological polar surface area (TPSA) is 24.5 Å². The quantitative estimate of drug-likeness (QED) is 0.726. The predicted molar refractivity (Wildman–Crippen MR) is 59.9 cm³/mol. The van der Waals surface area contributed by atoms with Crippen molar-refractivity contribution in [1.29, 1.82) is 0 Å². The Labute approximate surface area is 92.2 Å². The van der Waals surface area contributed by atoms with Gasteiger partial charge in [-0.1, -0.05) is 6.92 Å². The Morgan fingerprint density at radius 1 is 1.40 bits per heavy atom. The highest BCUT2D eigenvalue weighted by Crippen LogP contribution is 2.36. The summed E-state index contributed by atoms with van der Waals surface area (Å²) >= 11 is 0. The summed E-state index contributed by atoms with van der Waals surface area (Å²) in [7, 11) is 0. The summed E-state index contributed by atoms with van der Waals surface area (Å²) in [5.41, 5.74) is 0. The largest absolute Gasteiger partial charge is 0.380 e. The van der Waals surface area contributed by atoms with Gasteiger partial charge in [0.05, 0.1) is 6.61 Å². The van der Waals surface area contributed by atoms with Crippen LogP contribution in [0.2, 0.25) is 0 Å². The first-order chi connectivity index (χ1) is 7.40. The lowest BCUT2D eigenvalue weighted by atomic mass is 9.92. The molecular weight excluding hydrogens is 188 g/mol. The highest BCUT2D eigenvalue weighted by Gasteiger charge is 2.45. The van der Waals surface area contributed by atoms with E-state index in [2.05, 4.69) is 17.1 Å². The minimum absolute atomic E-state index is 0.723. The first-order valence-corrected chi connectivity index (χ1v) is 6.44. The van der Waals surface area contributed by atoms with Gasteiger partial charge in [-0.05, 0) is 37.8 Å². The Kier molecular flexibility index (Phi) is 2.71. The molecular formula is C12H22N2O. The second-order valence-electron chi connectivity index (χ2n) is 5.27. The molecule has 3 fully saturated rings. The lowest BCUT2D eigenvalue weighted by Gasteiger charge is -2.31. The van der Waals surface area contributed by atoms with Crippen LogP contribution in [-0.4, -0.2) is 49.8 Å². The van der Waals surface area contributed by atoms with Crippen LogP contribution in [0.25, 0.3) is 0 Å². The van der Waals surface area contributed by atoms with E-state index in [0.717, 1.165) is 37.1 Å². The zero-order chi connectivity index (χ0) is 10.3. The Morgan fingerprint density at radius 3 is 3.07 bits per heavy atom. The van der Waals surface area contributed by atoms with Gasteiger partial charge in [-0.3, -0.25) is 4.90 Å².